The summed E-state index contributed by atoms with van der Waals surface area (Å²) < 4.78 is 25.3. The summed E-state index contributed by atoms with van der Waals surface area (Å²) >= 11 is 12.5. The largest absolute Gasteiger partial charge is 0.481 e. The van der Waals surface area contributed by atoms with Gasteiger partial charge < -0.3 is 10.0 Å². The van der Waals surface area contributed by atoms with Gasteiger partial charge in [-0.25, -0.2) is 8.42 Å². The summed E-state index contributed by atoms with van der Waals surface area (Å²) in [5, 5.41) is 10.7. The lowest BCUT2D eigenvalue weighted by atomic mass is 9.67. The molecule has 0 spiro atoms. The first-order chi connectivity index (χ1) is 16.6. The van der Waals surface area contributed by atoms with Gasteiger partial charge in [-0.3, -0.25) is 9.59 Å². The third-order valence-electron chi connectivity index (χ3n) is 7.00. The molecule has 196 valence electrons. The molecular weight excluding hydrogens is 521 g/mol. The van der Waals surface area contributed by atoms with Crippen LogP contribution in [0.25, 0.3) is 0 Å². The molecule has 1 saturated heterocycles. The molecule has 0 radical (unpaired) electrons. The van der Waals surface area contributed by atoms with Crippen molar-refractivity contribution in [2.24, 2.45) is 5.41 Å². The van der Waals surface area contributed by atoms with Crippen LogP contribution in [0.2, 0.25) is 10.0 Å². The van der Waals surface area contributed by atoms with Gasteiger partial charge in [0.1, 0.15) is 0 Å². The SMILES string of the molecule is C[C@@H](CS(=O)(=O)C(C)(C)C)N1C(=O)[C@@](C)(CC(=O)O)C[C@H](c2cccc(Cl)c2)[C@H]1c1ccc(Cl)cc1. The topological polar surface area (TPSA) is 91.8 Å². The van der Waals surface area contributed by atoms with Gasteiger partial charge in [0.05, 0.1) is 28.4 Å². The molecule has 0 bridgehead atoms. The van der Waals surface area contributed by atoms with E-state index in [9.17, 15) is 23.1 Å². The number of amides is 1. The summed E-state index contributed by atoms with van der Waals surface area (Å²) in [5.74, 6) is -2.04. The van der Waals surface area contributed by atoms with E-state index in [1.54, 1.807) is 57.7 Å². The van der Waals surface area contributed by atoms with Gasteiger partial charge in [-0.2, -0.15) is 0 Å². The standard InChI is InChI=1S/C27H33Cl2NO5S/c1-17(16-36(34,35)26(2,3)4)30-24(18-9-11-20(28)12-10-18)22(19-7-6-8-21(29)13-19)14-27(5,25(30)33)15-23(31)32/h6-13,17,22,24H,14-16H2,1-5H3,(H,31,32)/t17-,22+,24+,27+/m0/s1. The summed E-state index contributed by atoms with van der Waals surface area (Å²) in [6, 6.07) is 13.2. The number of nitrogens with zero attached hydrogens (tertiary/aromatic N) is 1. The molecule has 1 amide bonds. The van der Waals surface area contributed by atoms with E-state index >= 15 is 0 Å². The van der Waals surface area contributed by atoms with Gasteiger partial charge in [-0.1, -0.05) is 54.4 Å². The van der Waals surface area contributed by atoms with E-state index in [4.69, 9.17) is 23.2 Å². The number of aliphatic carboxylic acids is 1. The zero-order chi connectivity index (χ0) is 27.1. The molecule has 2 aromatic carbocycles. The molecule has 1 fully saturated rings. The lowest BCUT2D eigenvalue weighted by Crippen LogP contribution is -2.57. The average molecular weight is 555 g/mol. The van der Waals surface area contributed by atoms with Crippen LogP contribution in [0.15, 0.2) is 48.5 Å². The van der Waals surface area contributed by atoms with E-state index in [2.05, 4.69) is 0 Å². The second-order valence-electron chi connectivity index (χ2n) is 10.9. The predicted octanol–water partition coefficient (Wildman–Crippen LogP) is 6.13. The van der Waals surface area contributed by atoms with Crippen molar-refractivity contribution in [3.05, 3.63) is 69.7 Å². The third kappa shape index (κ3) is 5.90. The molecule has 6 nitrogen and oxygen atoms in total. The third-order valence-corrected chi connectivity index (χ3v) is 10.3. The highest BCUT2D eigenvalue weighted by atomic mass is 35.5. The van der Waals surface area contributed by atoms with Crippen LogP contribution >= 0.6 is 23.2 Å². The molecular formula is C27H33Cl2NO5S. The maximum absolute atomic E-state index is 14.1. The molecule has 3 rings (SSSR count). The summed E-state index contributed by atoms with van der Waals surface area (Å²) in [6.45, 7) is 8.26. The van der Waals surface area contributed by atoms with Crippen molar-refractivity contribution in [1.82, 2.24) is 4.90 Å². The molecule has 9 heteroatoms. The molecule has 0 saturated carbocycles. The van der Waals surface area contributed by atoms with Gasteiger partial charge in [-0.05, 0) is 69.5 Å². The van der Waals surface area contributed by atoms with E-state index in [0.717, 1.165) is 11.1 Å². The van der Waals surface area contributed by atoms with Gasteiger partial charge in [0.15, 0.2) is 9.84 Å². The first-order valence-corrected chi connectivity index (χ1v) is 14.2. The minimum atomic E-state index is -3.58. The Morgan fingerprint density at radius 2 is 1.72 bits per heavy atom. The van der Waals surface area contributed by atoms with Crippen LogP contribution < -0.4 is 0 Å². The van der Waals surface area contributed by atoms with E-state index in [1.165, 1.54) is 0 Å². The Hall–Kier alpha value is -2.09. The van der Waals surface area contributed by atoms with Crippen molar-refractivity contribution in [3.8, 4) is 0 Å². The van der Waals surface area contributed by atoms with Crippen molar-refractivity contribution in [1.29, 1.82) is 0 Å². The summed E-state index contributed by atoms with van der Waals surface area (Å²) in [5.41, 5.74) is 0.402. The predicted molar refractivity (Wildman–Crippen MR) is 143 cm³/mol. The summed E-state index contributed by atoms with van der Waals surface area (Å²) in [7, 11) is -3.58. The van der Waals surface area contributed by atoms with E-state index < -0.39 is 38.1 Å². The lowest BCUT2D eigenvalue weighted by molar-refractivity contribution is -0.159. The smallest absolute Gasteiger partial charge is 0.304 e. The van der Waals surface area contributed by atoms with Crippen LogP contribution in [-0.2, 0) is 19.4 Å². The van der Waals surface area contributed by atoms with Crippen LogP contribution in [-0.4, -0.2) is 46.8 Å². The quantitative estimate of drug-likeness (QED) is 0.445. The highest BCUT2D eigenvalue weighted by Gasteiger charge is 2.52. The normalized spacial score (nSPS) is 24.0. The van der Waals surface area contributed by atoms with E-state index in [-0.39, 0.29) is 30.4 Å². The number of halogens is 2. The molecule has 1 aliphatic rings. The Bertz CT molecular complexity index is 1240. The Morgan fingerprint density at radius 3 is 2.25 bits per heavy atom. The molecule has 1 aliphatic heterocycles. The molecule has 1 heterocycles. The van der Waals surface area contributed by atoms with Gasteiger partial charge in [0, 0.05) is 22.0 Å². The Balaban J connectivity index is 2.23. The number of carboxylic acid groups (broad SMARTS) is 1. The monoisotopic (exact) mass is 553 g/mol. The van der Waals surface area contributed by atoms with Crippen LogP contribution in [0.1, 0.15) is 70.5 Å². The first kappa shape index (κ1) is 28.5. The fourth-order valence-electron chi connectivity index (χ4n) is 5.01. The van der Waals surface area contributed by atoms with Gasteiger partial charge >= 0.3 is 5.97 Å². The van der Waals surface area contributed by atoms with Crippen LogP contribution in [0.5, 0.6) is 0 Å². The van der Waals surface area contributed by atoms with E-state index in [1.807, 2.05) is 30.3 Å². The second-order valence-corrected chi connectivity index (χ2v) is 14.6. The number of hydrogen-bond donors (Lipinski definition) is 1. The number of carbonyl (C=O) groups excluding carboxylic acids is 1. The highest BCUT2D eigenvalue weighted by Crippen LogP contribution is 2.52. The van der Waals surface area contributed by atoms with E-state index in [0.29, 0.717) is 10.0 Å². The highest BCUT2D eigenvalue weighted by molar-refractivity contribution is 7.92. The average Bonchev–Trinajstić information content (AvgIpc) is 2.74. The maximum atomic E-state index is 14.1. The number of benzene rings is 2. The lowest BCUT2D eigenvalue weighted by Gasteiger charge is -2.51. The number of sulfone groups is 1. The number of likely N-dealkylation sites (tertiary alicyclic amines) is 1. The summed E-state index contributed by atoms with van der Waals surface area (Å²) in [6.07, 6.45) is -0.105. The van der Waals surface area contributed by atoms with Crippen molar-refractivity contribution in [2.75, 3.05) is 5.75 Å². The minimum absolute atomic E-state index is 0.252. The first-order valence-electron chi connectivity index (χ1n) is 11.8. The van der Waals surface area contributed by atoms with Crippen molar-refractivity contribution < 1.29 is 23.1 Å². The Labute approximate surface area is 223 Å². The fourth-order valence-corrected chi connectivity index (χ4v) is 6.63. The molecule has 4 atom stereocenters. The van der Waals surface area contributed by atoms with Crippen LogP contribution in [0.3, 0.4) is 0 Å². The molecule has 0 aliphatic carbocycles. The second kappa shape index (κ2) is 10.3. The van der Waals surface area contributed by atoms with Crippen molar-refractivity contribution >= 4 is 44.9 Å². The Kier molecular flexibility index (Phi) is 8.19. The zero-order valence-electron chi connectivity index (χ0n) is 21.2. The number of carbonyl (C=O) groups is 2. The molecule has 0 aromatic heterocycles. The van der Waals surface area contributed by atoms with Crippen LogP contribution in [0.4, 0.5) is 0 Å². The molecule has 1 N–H and O–H groups in total. The summed E-state index contributed by atoms with van der Waals surface area (Å²) in [4.78, 5) is 27.5. The van der Waals surface area contributed by atoms with Gasteiger partial charge in [-0.15, -0.1) is 0 Å². The molecule has 36 heavy (non-hydrogen) atoms. The number of rotatable bonds is 7. The molecule has 2 aromatic rings. The minimum Gasteiger partial charge on any atom is -0.481 e. The van der Waals surface area contributed by atoms with Crippen molar-refractivity contribution in [3.63, 3.8) is 0 Å². The number of piperidine rings is 1. The number of hydrogen-bond acceptors (Lipinski definition) is 4. The fraction of sp³-hybridized carbons (Fsp3) is 0.481. The zero-order valence-corrected chi connectivity index (χ0v) is 23.5. The van der Waals surface area contributed by atoms with Crippen LogP contribution in [0, 0.1) is 5.41 Å². The maximum Gasteiger partial charge on any atom is 0.304 e. The van der Waals surface area contributed by atoms with Gasteiger partial charge in [0.25, 0.3) is 0 Å². The molecule has 0 unspecified atom stereocenters. The van der Waals surface area contributed by atoms with Crippen molar-refractivity contribution in [2.45, 2.75) is 70.2 Å². The number of carboxylic acids is 1. The Morgan fingerprint density at radius 1 is 1.11 bits per heavy atom. The van der Waals surface area contributed by atoms with Gasteiger partial charge in [0.2, 0.25) is 5.91 Å².